The van der Waals surface area contributed by atoms with Crippen LogP contribution in [0.15, 0.2) is 66.7 Å². The van der Waals surface area contributed by atoms with Crippen LogP contribution in [0.1, 0.15) is 12.8 Å². The molecule has 2 aromatic heterocycles. The summed E-state index contributed by atoms with van der Waals surface area (Å²) in [5, 5.41) is 10.5. The fraction of sp³-hybridized carbons (Fsp3) is 0.250. The molecule has 3 aromatic rings. The second kappa shape index (κ2) is 7.92. The first kappa shape index (κ1) is 19.4. The molecule has 2 aliphatic heterocycles. The number of aliphatic carboxylic acids is 1. The minimum Gasteiger partial charge on any atom is -0.478 e. The van der Waals surface area contributed by atoms with Crippen LogP contribution in [0.5, 0.6) is 0 Å². The number of carboxylic acid groups (broad SMARTS) is 1. The highest BCUT2D eigenvalue weighted by molar-refractivity contribution is 6.07. The van der Waals surface area contributed by atoms with Gasteiger partial charge in [0.15, 0.2) is 0 Å². The minimum absolute atomic E-state index is 0.124. The van der Waals surface area contributed by atoms with E-state index in [0.29, 0.717) is 12.1 Å². The van der Waals surface area contributed by atoms with E-state index in [1.54, 1.807) is 12.2 Å². The van der Waals surface area contributed by atoms with E-state index in [-0.39, 0.29) is 6.04 Å². The number of allylic oxidation sites excluding steroid dienone is 2. The number of nitrogens with zero attached hydrogens (tertiary/aromatic N) is 3. The van der Waals surface area contributed by atoms with Crippen LogP contribution in [0.2, 0.25) is 0 Å². The zero-order chi connectivity index (χ0) is 21.4. The number of nitrogens with one attached hydrogen (secondary N) is 1. The van der Waals surface area contributed by atoms with Crippen molar-refractivity contribution in [1.82, 2.24) is 9.97 Å². The van der Waals surface area contributed by atoms with Gasteiger partial charge in [-0.15, -0.1) is 0 Å². The molecule has 0 radical (unpaired) electrons. The predicted molar refractivity (Wildman–Crippen MR) is 123 cm³/mol. The summed E-state index contributed by atoms with van der Waals surface area (Å²) in [4.78, 5) is 23.9. The molecule has 0 saturated carbocycles. The summed E-state index contributed by atoms with van der Waals surface area (Å²) in [6.07, 6.45) is 11.2. The number of carbonyl (C=O) groups is 1. The molecule has 4 heterocycles. The zero-order valence-corrected chi connectivity index (χ0v) is 17.2. The topological polar surface area (TPSA) is 98.5 Å². The van der Waals surface area contributed by atoms with Gasteiger partial charge in [0.25, 0.3) is 0 Å². The number of carboxylic acids is 1. The van der Waals surface area contributed by atoms with Gasteiger partial charge in [-0.3, -0.25) is 0 Å². The lowest BCUT2D eigenvalue weighted by molar-refractivity contribution is -0.132. The molecular weight excluding hydrogens is 390 g/mol. The number of anilines is 2. The Morgan fingerprint density at radius 3 is 2.87 bits per heavy atom. The molecule has 1 aromatic carbocycles. The number of fused-ring (bicyclic) bond motifs is 1. The lowest BCUT2D eigenvalue weighted by Gasteiger charge is -2.35. The van der Waals surface area contributed by atoms with Gasteiger partial charge in [-0.25, -0.2) is 9.78 Å². The Morgan fingerprint density at radius 1 is 1.26 bits per heavy atom. The summed E-state index contributed by atoms with van der Waals surface area (Å²) in [7, 11) is 0. The third kappa shape index (κ3) is 3.57. The van der Waals surface area contributed by atoms with Crippen molar-refractivity contribution < 1.29 is 9.90 Å². The molecule has 4 N–H and O–H groups in total. The van der Waals surface area contributed by atoms with Crippen LogP contribution in [-0.2, 0) is 4.79 Å². The van der Waals surface area contributed by atoms with Crippen LogP contribution in [0.4, 0.5) is 11.4 Å². The summed E-state index contributed by atoms with van der Waals surface area (Å²) in [6, 6.07) is 10.4. The third-order valence-electron chi connectivity index (χ3n) is 6.00. The maximum Gasteiger partial charge on any atom is 0.333 e. The van der Waals surface area contributed by atoms with Gasteiger partial charge >= 0.3 is 5.97 Å². The molecule has 0 spiro atoms. The fourth-order valence-electron chi connectivity index (χ4n) is 4.52. The van der Waals surface area contributed by atoms with E-state index in [1.165, 1.54) is 0 Å². The Balaban J connectivity index is 1.70. The van der Waals surface area contributed by atoms with Crippen LogP contribution in [0, 0.1) is 0 Å². The molecule has 1 saturated heterocycles. The number of H-pyrrole nitrogens is 1. The molecule has 158 valence electrons. The Morgan fingerprint density at radius 2 is 2.10 bits per heavy atom. The average molecular weight is 415 g/mol. The van der Waals surface area contributed by atoms with Crippen LogP contribution < -0.4 is 15.5 Å². The molecule has 31 heavy (non-hydrogen) atoms. The number of benzene rings is 1. The van der Waals surface area contributed by atoms with Gasteiger partial charge in [-0.1, -0.05) is 30.3 Å². The standard InChI is InChI=1S/C24H25N5O2/c25-18-9-5-11-29(15-18)22-19(16-6-2-1-3-7-16)12-26-23-21(22)20(13-27-23)28-10-4-8-17(14-28)24(30)31/h1-4,6-8,10,12-13,18H,5,9,11,14-15,25H2,(H,26,27)(H,30,31)/t18-/m1/s1. The van der Waals surface area contributed by atoms with E-state index in [2.05, 4.69) is 22.0 Å². The number of piperidine rings is 1. The first-order valence-electron chi connectivity index (χ1n) is 10.5. The van der Waals surface area contributed by atoms with Crippen LogP contribution in [0.3, 0.4) is 0 Å². The van der Waals surface area contributed by atoms with Crippen LogP contribution in [0.25, 0.3) is 22.2 Å². The zero-order valence-electron chi connectivity index (χ0n) is 17.2. The third-order valence-corrected chi connectivity index (χ3v) is 6.00. The van der Waals surface area contributed by atoms with Gasteiger partial charge in [0, 0.05) is 43.3 Å². The molecule has 7 heteroatoms. The smallest absolute Gasteiger partial charge is 0.333 e. The first-order chi connectivity index (χ1) is 15.1. The van der Waals surface area contributed by atoms with Crippen molar-refractivity contribution >= 4 is 28.4 Å². The van der Waals surface area contributed by atoms with Crippen molar-refractivity contribution in [2.24, 2.45) is 5.73 Å². The number of rotatable bonds is 4. The van der Waals surface area contributed by atoms with Crippen molar-refractivity contribution in [1.29, 1.82) is 0 Å². The van der Waals surface area contributed by atoms with Crippen molar-refractivity contribution in [3.63, 3.8) is 0 Å². The molecule has 2 aliphatic rings. The summed E-state index contributed by atoms with van der Waals surface area (Å²) in [5.41, 5.74) is 11.6. The van der Waals surface area contributed by atoms with Gasteiger partial charge in [-0.05, 0) is 30.6 Å². The van der Waals surface area contributed by atoms with Crippen molar-refractivity contribution in [3.05, 3.63) is 66.7 Å². The summed E-state index contributed by atoms with van der Waals surface area (Å²) in [5.74, 6) is -0.903. The molecule has 0 bridgehead atoms. The maximum absolute atomic E-state index is 11.6. The monoisotopic (exact) mass is 415 g/mol. The first-order valence-corrected chi connectivity index (χ1v) is 10.5. The van der Waals surface area contributed by atoms with E-state index in [9.17, 15) is 9.90 Å². The van der Waals surface area contributed by atoms with E-state index in [4.69, 9.17) is 10.7 Å². The maximum atomic E-state index is 11.6. The highest BCUT2D eigenvalue weighted by atomic mass is 16.4. The number of aromatic amines is 1. The lowest BCUT2D eigenvalue weighted by atomic mass is 9.99. The van der Waals surface area contributed by atoms with E-state index in [1.807, 2.05) is 41.7 Å². The Labute approximate surface area is 180 Å². The van der Waals surface area contributed by atoms with Crippen molar-refractivity contribution in [2.75, 3.05) is 29.4 Å². The Bertz CT molecular complexity index is 1180. The average Bonchev–Trinajstić information content (AvgIpc) is 3.23. The largest absolute Gasteiger partial charge is 0.478 e. The van der Waals surface area contributed by atoms with E-state index in [0.717, 1.165) is 59.5 Å². The number of hydrogen-bond acceptors (Lipinski definition) is 5. The second-order valence-corrected chi connectivity index (χ2v) is 8.10. The van der Waals surface area contributed by atoms with Gasteiger partial charge in [0.05, 0.1) is 28.9 Å². The molecule has 0 amide bonds. The summed E-state index contributed by atoms with van der Waals surface area (Å²) < 4.78 is 0. The van der Waals surface area contributed by atoms with Gasteiger partial charge in [0.1, 0.15) is 5.65 Å². The number of hydrogen-bond donors (Lipinski definition) is 3. The molecular formula is C24H25N5O2. The molecule has 1 fully saturated rings. The Kier molecular flexibility index (Phi) is 4.95. The van der Waals surface area contributed by atoms with E-state index < -0.39 is 5.97 Å². The number of nitrogens with two attached hydrogens (primary N) is 1. The summed E-state index contributed by atoms with van der Waals surface area (Å²) in [6.45, 7) is 2.00. The van der Waals surface area contributed by atoms with Crippen LogP contribution in [-0.4, -0.2) is 46.7 Å². The highest BCUT2D eigenvalue weighted by Gasteiger charge is 2.26. The van der Waals surface area contributed by atoms with Gasteiger partial charge in [-0.2, -0.15) is 0 Å². The van der Waals surface area contributed by atoms with Crippen molar-refractivity contribution in [3.8, 4) is 11.1 Å². The predicted octanol–water partition coefficient (Wildman–Crippen LogP) is 3.50. The van der Waals surface area contributed by atoms with Gasteiger partial charge < -0.3 is 25.6 Å². The SMILES string of the molecule is N[C@@H]1CCCN(c2c(-c3ccccc3)cnc3[nH]cc(N4C=CC=C(C(=O)O)C4)c23)C1. The number of pyridine rings is 1. The molecule has 7 nitrogen and oxygen atoms in total. The normalized spacial score (nSPS) is 19.0. The van der Waals surface area contributed by atoms with Gasteiger partial charge in [0.2, 0.25) is 0 Å². The minimum atomic E-state index is -0.903. The second-order valence-electron chi connectivity index (χ2n) is 8.10. The quantitative estimate of drug-likeness (QED) is 0.603. The molecule has 1 atom stereocenters. The molecule has 5 rings (SSSR count). The number of aromatic nitrogens is 2. The summed E-state index contributed by atoms with van der Waals surface area (Å²) >= 11 is 0. The highest BCUT2D eigenvalue weighted by Crippen LogP contribution is 2.42. The van der Waals surface area contributed by atoms with E-state index >= 15 is 0 Å². The van der Waals surface area contributed by atoms with Crippen molar-refractivity contribution in [2.45, 2.75) is 18.9 Å². The lowest BCUT2D eigenvalue weighted by Crippen LogP contribution is -2.43. The van der Waals surface area contributed by atoms with Crippen LogP contribution >= 0.6 is 0 Å². The Hall–Kier alpha value is -3.58. The molecule has 0 unspecified atom stereocenters. The molecule has 0 aliphatic carbocycles. The fourth-order valence-corrected chi connectivity index (χ4v) is 4.52.